The minimum atomic E-state index is -0.961. The van der Waals surface area contributed by atoms with Gasteiger partial charge in [-0.2, -0.15) is 0 Å². The van der Waals surface area contributed by atoms with Gasteiger partial charge < -0.3 is 14.5 Å². The number of esters is 2. The second kappa shape index (κ2) is 9.59. The molecule has 0 bridgehead atoms. The van der Waals surface area contributed by atoms with Crippen LogP contribution >= 0.6 is 11.8 Å². The van der Waals surface area contributed by atoms with E-state index in [1.54, 1.807) is 20.8 Å². The predicted molar refractivity (Wildman–Crippen MR) is 108 cm³/mol. The number of aromatic nitrogens is 1. The topological polar surface area (TPSA) is 85.5 Å². The van der Waals surface area contributed by atoms with Crippen LogP contribution in [0.2, 0.25) is 0 Å². The van der Waals surface area contributed by atoms with Crippen molar-refractivity contribution in [3.05, 3.63) is 52.3 Å². The summed E-state index contributed by atoms with van der Waals surface area (Å²) in [7, 11) is 0. The van der Waals surface area contributed by atoms with E-state index in [1.165, 1.54) is 18.7 Å². The van der Waals surface area contributed by atoms with Gasteiger partial charge in [-0.15, -0.1) is 11.8 Å². The Morgan fingerprint density at radius 1 is 1.14 bits per heavy atom. The molecule has 1 aromatic heterocycles. The van der Waals surface area contributed by atoms with Crippen LogP contribution in [-0.4, -0.2) is 41.2 Å². The van der Waals surface area contributed by atoms with Crippen LogP contribution < -0.4 is 0 Å². The van der Waals surface area contributed by atoms with Crippen molar-refractivity contribution in [1.29, 1.82) is 0 Å². The van der Waals surface area contributed by atoms with E-state index in [4.69, 9.17) is 9.47 Å². The van der Waals surface area contributed by atoms with Crippen LogP contribution in [0, 0.1) is 20.8 Å². The fraction of sp³-hybridized carbons (Fsp3) is 0.381. The first kappa shape index (κ1) is 21.8. The molecular weight excluding hydrogens is 378 g/mol. The van der Waals surface area contributed by atoms with Crippen molar-refractivity contribution in [3.63, 3.8) is 0 Å². The van der Waals surface area contributed by atoms with Crippen molar-refractivity contribution in [2.24, 2.45) is 0 Å². The minimum Gasteiger partial charge on any atom is -0.462 e. The first-order chi connectivity index (χ1) is 13.3. The van der Waals surface area contributed by atoms with Gasteiger partial charge in [0.05, 0.1) is 23.6 Å². The number of ketones is 1. The molecule has 0 saturated carbocycles. The largest absolute Gasteiger partial charge is 0.462 e. The Morgan fingerprint density at radius 3 is 2.46 bits per heavy atom. The molecule has 28 heavy (non-hydrogen) atoms. The highest BCUT2D eigenvalue weighted by atomic mass is 32.2. The zero-order valence-corrected chi connectivity index (χ0v) is 17.6. The third-order valence-corrected chi connectivity index (χ3v) is 5.43. The molecule has 0 unspecified atom stereocenters. The van der Waals surface area contributed by atoms with Crippen molar-refractivity contribution in [2.75, 3.05) is 12.4 Å². The number of nitrogens with one attached hydrogen (secondary N) is 1. The molecule has 1 N–H and O–H groups in total. The number of hydrogen-bond acceptors (Lipinski definition) is 6. The van der Waals surface area contributed by atoms with Crippen molar-refractivity contribution in [3.8, 4) is 0 Å². The molecule has 0 spiro atoms. The van der Waals surface area contributed by atoms with Gasteiger partial charge in [0.15, 0.2) is 6.10 Å². The third-order valence-electron chi connectivity index (χ3n) is 4.28. The van der Waals surface area contributed by atoms with Gasteiger partial charge in [-0.3, -0.25) is 9.59 Å². The summed E-state index contributed by atoms with van der Waals surface area (Å²) in [4.78, 5) is 40.8. The summed E-state index contributed by atoms with van der Waals surface area (Å²) in [6, 6.07) is 7.75. The average molecular weight is 404 g/mol. The summed E-state index contributed by atoms with van der Waals surface area (Å²) >= 11 is 1.37. The number of thioether (sulfide) groups is 1. The standard InChI is InChI=1S/C21H25NO5S/c1-6-26-21(25)18-13(3)19(22-14(18)4)20(24)15(5)27-17(23)11-28-16-10-8-7-9-12(16)2/h7-10,15,22H,6,11H2,1-5H3/t15-/m0/s1. The van der Waals surface area contributed by atoms with Crippen molar-refractivity contribution < 1.29 is 23.9 Å². The number of carbonyl (C=O) groups is 3. The monoisotopic (exact) mass is 403 g/mol. The molecule has 0 radical (unpaired) electrons. The van der Waals surface area contributed by atoms with Crippen LogP contribution in [0.1, 0.15) is 51.5 Å². The molecule has 1 heterocycles. The van der Waals surface area contributed by atoms with Crippen LogP contribution in [0.15, 0.2) is 29.2 Å². The number of rotatable bonds is 8. The zero-order valence-electron chi connectivity index (χ0n) is 16.8. The van der Waals surface area contributed by atoms with E-state index >= 15 is 0 Å². The van der Waals surface area contributed by atoms with E-state index in [9.17, 15) is 14.4 Å². The molecule has 2 aromatic rings. The third kappa shape index (κ3) is 5.04. The lowest BCUT2D eigenvalue weighted by atomic mass is 10.1. The number of benzene rings is 1. The van der Waals surface area contributed by atoms with E-state index < -0.39 is 18.0 Å². The lowest BCUT2D eigenvalue weighted by Crippen LogP contribution is -2.26. The molecule has 150 valence electrons. The molecule has 1 atom stereocenters. The first-order valence-corrected chi connectivity index (χ1v) is 10.0. The SMILES string of the molecule is CCOC(=O)c1c(C)[nH]c(C(=O)[C@H](C)OC(=O)CSc2ccccc2C)c1C. The normalized spacial score (nSPS) is 11.8. The average Bonchev–Trinajstić information content (AvgIpc) is 2.94. The van der Waals surface area contributed by atoms with Gasteiger partial charge in [-0.1, -0.05) is 18.2 Å². The van der Waals surface area contributed by atoms with Crippen LogP contribution in [0.5, 0.6) is 0 Å². The molecule has 0 amide bonds. The molecule has 7 heteroatoms. The molecular formula is C21H25NO5S. The second-order valence-electron chi connectivity index (χ2n) is 6.40. The van der Waals surface area contributed by atoms with Crippen LogP contribution in [0.25, 0.3) is 0 Å². The quantitative estimate of drug-likeness (QED) is 0.407. The molecule has 0 fully saturated rings. The van der Waals surface area contributed by atoms with Gasteiger partial charge in [0, 0.05) is 10.6 Å². The summed E-state index contributed by atoms with van der Waals surface area (Å²) in [6.07, 6.45) is -0.961. The summed E-state index contributed by atoms with van der Waals surface area (Å²) in [5.41, 5.74) is 2.73. The maximum absolute atomic E-state index is 12.7. The predicted octanol–water partition coefficient (Wildman–Crippen LogP) is 4.02. The molecule has 0 saturated heterocycles. The fourth-order valence-electron chi connectivity index (χ4n) is 2.85. The van der Waals surface area contributed by atoms with Crippen LogP contribution in [0.3, 0.4) is 0 Å². The second-order valence-corrected chi connectivity index (χ2v) is 7.41. The molecule has 6 nitrogen and oxygen atoms in total. The highest BCUT2D eigenvalue weighted by molar-refractivity contribution is 8.00. The Balaban J connectivity index is 2.02. The summed E-state index contributed by atoms with van der Waals surface area (Å²) < 4.78 is 10.3. The molecule has 0 aliphatic heterocycles. The maximum atomic E-state index is 12.7. The Kier molecular flexibility index (Phi) is 7.45. The fourth-order valence-corrected chi connectivity index (χ4v) is 3.66. The van der Waals surface area contributed by atoms with Crippen LogP contribution in [0.4, 0.5) is 0 Å². The van der Waals surface area contributed by atoms with E-state index in [0.29, 0.717) is 16.8 Å². The van der Waals surface area contributed by atoms with E-state index in [-0.39, 0.29) is 23.8 Å². The number of aryl methyl sites for hydroxylation is 2. The van der Waals surface area contributed by atoms with Gasteiger partial charge in [-0.05, 0) is 51.8 Å². The molecule has 0 aliphatic rings. The van der Waals surface area contributed by atoms with Gasteiger partial charge in [0.25, 0.3) is 0 Å². The van der Waals surface area contributed by atoms with Crippen molar-refractivity contribution in [1.82, 2.24) is 4.98 Å². The summed E-state index contributed by atoms with van der Waals surface area (Å²) in [5.74, 6) is -1.22. The van der Waals surface area contributed by atoms with Crippen molar-refractivity contribution in [2.45, 2.75) is 45.6 Å². The van der Waals surface area contributed by atoms with E-state index in [2.05, 4.69) is 4.98 Å². The number of H-pyrrole nitrogens is 1. The minimum absolute atomic E-state index is 0.110. The van der Waals surface area contributed by atoms with Gasteiger partial charge >= 0.3 is 11.9 Å². The number of aromatic amines is 1. The summed E-state index contributed by atoms with van der Waals surface area (Å²) in [5, 5.41) is 0. The van der Waals surface area contributed by atoms with Crippen molar-refractivity contribution >= 4 is 29.5 Å². The maximum Gasteiger partial charge on any atom is 0.340 e. The number of carbonyl (C=O) groups excluding carboxylic acids is 3. The van der Waals surface area contributed by atoms with Gasteiger partial charge in [0.1, 0.15) is 0 Å². The zero-order chi connectivity index (χ0) is 20.8. The van der Waals surface area contributed by atoms with Gasteiger partial charge in [0.2, 0.25) is 5.78 Å². The summed E-state index contributed by atoms with van der Waals surface area (Å²) in [6.45, 7) is 8.84. The Bertz CT molecular complexity index is 887. The first-order valence-electron chi connectivity index (χ1n) is 9.04. The molecule has 0 aliphatic carbocycles. The number of Topliss-reactive ketones (excluding diaryl/α,β-unsaturated/α-hetero) is 1. The molecule has 1 aromatic carbocycles. The molecule has 2 rings (SSSR count). The number of ether oxygens (including phenoxy) is 2. The van der Waals surface area contributed by atoms with E-state index in [0.717, 1.165) is 10.5 Å². The smallest absolute Gasteiger partial charge is 0.340 e. The highest BCUT2D eigenvalue weighted by Gasteiger charge is 2.27. The highest BCUT2D eigenvalue weighted by Crippen LogP contribution is 2.23. The van der Waals surface area contributed by atoms with E-state index in [1.807, 2.05) is 31.2 Å². The van der Waals surface area contributed by atoms with Crippen LogP contribution in [-0.2, 0) is 14.3 Å². The number of hydrogen-bond donors (Lipinski definition) is 1. The lowest BCUT2D eigenvalue weighted by molar-refractivity contribution is -0.143. The Labute approximate surface area is 169 Å². The lowest BCUT2D eigenvalue weighted by Gasteiger charge is -2.12. The van der Waals surface area contributed by atoms with Gasteiger partial charge in [-0.25, -0.2) is 4.79 Å². The Hall–Kier alpha value is -2.54. The Morgan fingerprint density at radius 2 is 1.82 bits per heavy atom.